The molecule has 0 fully saturated rings. The summed E-state index contributed by atoms with van der Waals surface area (Å²) in [5, 5.41) is 12.2. The van der Waals surface area contributed by atoms with Crippen molar-refractivity contribution in [3.8, 4) is 0 Å². The number of benzene rings is 2. The Labute approximate surface area is 181 Å². The van der Waals surface area contributed by atoms with Crippen LogP contribution in [-0.2, 0) is 11.2 Å². The molecule has 0 unspecified atom stereocenters. The molecule has 0 aliphatic heterocycles. The Hall–Kier alpha value is -3.74. The second-order valence-corrected chi connectivity index (χ2v) is 7.36. The zero-order chi connectivity index (χ0) is 22.2. The predicted octanol–water partition coefficient (Wildman–Crippen LogP) is 4.00. The molecule has 1 amide bonds. The summed E-state index contributed by atoms with van der Waals surface area (Å²) in [6.07, 6.45) is 2.02. The van der Waals surface area contributed by atoms with Gasteiger partial charge in [0.2, 0.25) is 5.95 Å². The molecular formula is C24H26N4O3. The van der Waals surface area contributed by atoms with E-state index in [1.807, 2.05) is 61.5 Å². The van der Waals surface area contributed by atoms with Crippen LogP contribution < -0.4 is 5.32 Å². The number of aryl methyl sites for hydroxylation is 2. The SMILES string of the molecule is Cc1ccc(Nc2ncc(C(=O)N(CCC(=O)O)CCc3ccccc3)c(C)n2)cc1. The van der Waals surface area contributed by atoms with Crippen LogP contribution in [-0.4, -0.2) is 44.9 Å². The van der Waals surface area contributed by atoms with E-state index in [9.17, 15) is 9.59 Å². The summed E-state index contributed by atoms with van der Waals surface area (Å²) in [4.78, 5) is 34.5. The summed E-state index contributed by atoms with van der Waals surface area (Å²) in [6, 6.07) is 17.6. The lowest BCUT2D eigenvalue weighted by atomic mass is 10.1. The molecule has 7 nitrogen and oxygen atoms in total. The number of carbonyl (C=O) groups excluding carboxylic acids is 1. The van der Waals surface area contributed by atoms with E-state index >= 15 is 0 Å². The van der Waals surface area contributed by atoms with Crippen molar-refractivity contribution in [2.75, 3.05) is 18.4 Å². The summed E-state index contributed by atoms with van der Waals surface area (Å²) in [7, 11) is 0. The minimum Gasteiger partial charge on any atom is -0.481 e. The van der Waals surface area contributed by atoms with Gasteiger partial charge in [-0.3, -0.25) is 9.59 Å². The quantitative estimate of drug-likeness (QED) is 0.545. The fraction of sp³-hybridized carbons (Fsp3) is 0.250. The lowest BCUT2D eigenvalue weighted by molar-refractivity contribution is -0.137. The van der Waals surface area contributed by atoms with Crippen molar-refractivity contribution in [2.45, 2.75) is 26.7 Å². The Morgan fingerprint density at radius 1 is 1.00 bits per heavy atom. The Balaban J connectivity index is 1.74. The molecule has 1 aromatic heterocycles. The van der Waals surface area contributed by atoms with E-state index in [1.54, 1.807) is 11.8 Å². The number of aliphatic carboxylic acids is 1. The highest BCUT2D eigenvalue weighted by molar-refractivity contribution is 5.95. The van der Waals surface area contributed by atoms with Crippen molar-refractivity contribution in [2.24, 2.45) is 0 Å². The van der Waals surface area contributed by atoms with E-state index < -0.39 is 5.97 Å². The maximum atomic E-state index is 13.1. The highest BCUT2D eigenvalue weighted by Crippen LogP contribution is 2.16. The average Bonchev–Trinajstić information content (AvgIpc) is 2.76. The maximum Gasteiger partial charge on any atom is 0.305 e. The number of hydrogen-bond donors (Lipinski definition) is 2. The van der Waals surface area contributed by atoms with Crippen molar-refractivity contribution in [3.05, 3.63) is 83.2 Å². The zero-order valence-corrected chi connectivity index (χ0v) is 17.7. The van der Waals surface area contributed by atoms with Gasteiger partial charge in [-0.25, -0.2) is 9.97 Å². The monoisotopic (exact) mass is 418 g/mol. The molecule has 1 heterocycles. The lowest BCUT2D eigenvalue weighted by Crippen LogP contribution is -2.35. The van der Waals surface area contributed by atoms with Gasteiger partial charge in [0.15, 0.2) is 0 Å². The molecule has 2 N–H and O–H groups in total. The van der Waals surface area contributed by atoms with Crippen molar-refractivity contribution < 1.29 is 14.7 Å². The zero-order valence-electron chi connectivity index (χ0n) is 17.7. The fourth-order valence-corrected chi connectivity index (χ4v) is 3.13. The molecule has 3 aromatic rings. The maximum absolute atomic E-state index is 13.1. The smallest absolute Gasteiger partial charge is 0.305 e. The molecule has 0 saturated carbocycles. The predicted molar refractivity (Wildman–Crippen MR) is 120 cm³/mol. The van der Waals surface area contributed by atoms with Crippen molar-refractivity contribution in [1.29, 1.82) is 0 Å². The first-order valence-corrected chi connectivity index (χ1v) is 10.1. The Bertz CT molecular complexity index is 1040. The second kappa shape index (κ2) is 10.3. The number of carboxylic acids is 1. The van der Waals surface area contributed by atoms with Crippen LogP contribution in [0.1, 0.15) is 33.6 Å². The van der Waals surface area contributed by atoms with Crippen LogP contribution in [0.25, 0.3) is 0 Å². The first-order chi connectivity index (χ1) is 14.9. The van der Waals surface area contributed by atoms with Crippen LogP contribution in [0.15, 0.2) is 60.8 Å². The molecule has 0 atom stereocenters. The lowest BCUT2D eigenvalue weighted by Gasteiger charge is -2.23. The van der Waals surface area contributed by atoms with Crippen LogP contribution in [0.4, 0.5) is 11.6 Å². The van der Waals surface area contributed by atoms with E-state index in [0.29, 0.717) is 30.2 Å². The minimum absolute atomic E-state index is 0.118. The van der Waals surface area contributed by atoms with E-state index in [1.165, 1.54) is 6.20 Å². The molecule has 0 bridgehead atoms. The van der Waals surface area contributed by atoms with E-state index in [2.05, 4.69) is 15.3 Å². The summed E-state index contributed by atoms with van der Waals surface area (Å²) in [6.45, 7) is 4.31. The van der Waals surface area contributed by atoms with Gasteiger partial charge in [-0.05, 0) is 38.0 Å². The minimum atomic E-state index is -0.942. The van der Waals surface area contributed by atoms with Gasteiger partial charge in [-0.15, -0.1) is 0 Å². The molecule has 31 heavy (non-hydrogen) atoms. The molecule has 0 aliphatic rings. The van der Waals surface area contributed by atoms with Gasteiger partial charge in [0.25, 0.3) is 5.91 Å². The molecule has 2 aromatic carbocycles. The first kappa shape index (κ1) is 22.0. The molecule has 0 saturated heterocycles. The number of nitrogens with zero attached hydrogens (tertiary/aromatic N) is 3. The van der Waals surface area contributed by atoms with Crippen LogP contribution in [0.3, 0.4) is 0 Å². The van der Waals surface area contributed by atoms with E-state index in [4.69, 9.17) is 5.11 Å². The topological polar surface area (TPSA) is 95.4 Å². The van der Waals surface area contributed by atoms with E-state index in [0.717, 1.165) is 16.8 Å². The van der Waals surface area contributed by atoms with Gasteiger partial charge in [0.1, 0.15) is 0 Å². The number of anilines is 2. The largest absolute Gasteiger partial charge is 0.481 e. The number of amides is 1. The molecule has 7 heteroatoms. The van der Waals surface area contributed by atoms with Crippen molar-refractivity contribution >= 4 is 23.5 Å². The van der Waals surface area contributed by atoms with Crippen molar-refractivity contribution in [3.63, 3.8) is 0 Å². The summed E-state index contributed by atoms with van der Waals surface area (Å²) in [5.74, 6) is -0.807. The molecule has 0 radical (unpaired) electrons. The van der Waals surface area contributed by atoms with Gasteiger partial charge < -0.3 is 15.3 Å². The summed E-state index contributed by atoms with van der Waals surface area (Å²) in [5.41, 5.74) is 4.00. The first-order valence-electron chi connectivity index (χ1n) is 10.1. The third-order valence-corrected chi connectivity index (χ3v) is 4.91. The van der Waals surface area contributed by atoms with Gasteiger partial charge in [0.05, 0.1) is 17.7 Å². The van der Waals surface area contributed by atoms with Gasteiger partial charge in [-0.1, -0.05) is 48.0 Å². The normalized spacial score (nSPS) is 10.5. The van der Waals surface area contributed by atoms with Gasteiger partial charge in [-0.2, -0.15) is 0 Å². The Morgan fingerprint density at radius 2 is 1.71 bits per heavy atom. The third-order valence-electron chi connectivity index (χ3n) is 4.91. The summed E-state index contributed by atoms with van der Waals surface area (Å²) < 4.78 is 0. The number of hydrogen-bond acceptors (Lipinski definition) is 5. The second-order valence-electron chi connectivity index (χ2n) is 7.36. The Morgan fingerprint density at radius 3 is 2.35 bits per heavy atom. The molecular weight excluding hydrogens is 392 g/mol. The van der Waals surface area contributed by atoms with Gasteiger partial charge >= 0.3 is 5.97 Å². The number of aromatic nitrogens is 2. The number of carboxylic acid groups (broad SMARTS) is 1. The van der Waals surface area contributed by atoms with Crippen LogP contribution in [0.2, 0.25) is 0 Å². The fourth-order valence-electron chi connectivity index (χ4n) is 3.13. The molecule has 0 aliphatic carbocycles. The number of carbonyl (C=O) groups is 2. The van der Waals surface area contributed by atoms with Crippen LogP contribution >= 0.6 is 0 Å². The van der Waals surface area contributed by atoms with Crippen molar-refractivity contribution in [1.82, 2.24) is 14.9 Å². The Kier molecular flexibility index (Phi) is 7.32. The average molecular weight is 418 g/mol. The third kappa shape index (κ3) is 6.37. The highest BCUT2D eigenvalue weighted by atomic mass is 16.4. The molecule has 3 rings (SSSR count). The molecule has 160 valence electrons. The highest BCUT2D eigenvalue weighted by Gasteiger charge is 2.20. The summed E-state index contributed by atoms with van der Waals surface area (Å²) >= 11 is 0. The van der Waals surface area contributed by atoms with Gasteiger partial charge in [0, 0.05) is 25.0 Å². The number of rotatable bonds is 9. The van der Waals surface area contributed by atoms with E-state index in [-0.39, 0.29) is 18.9 Å². The standard InChI is InChI=1S/C24H26N4O3/c1-17-8-10-20(11-9-17)27-24-25-16-21(18(2)26-24)23(31)28(15-13-22(29)30)14-12-19-6-4-3-5-7-19/h3-11,16H,12-15H2,1-2H3,(H,29,30)(H,25,26,27). The van der Waals surface area contributed by atoms with Crippen LogP contribution in [0, 0.1) is 13.8 Å². The molecule has 0 spiro atoms. The van der Waals surface area contributed by atoms with Crippen LogP contribution in [0.5, 0.6) is 0 Å². The number of nitrogens with one attached hydrogen (secondary N) is 1.